The number of benzene rings is 4. The summed E-state index contributed by atoms with van der Waals surface area (Å²) in [5.74, 6) is 1.47. The summed E-state index contributed by atoms with van der Waals surface area (Å²) in [6, 6.07) is 33.4. The Kier molecular flexibility index (Phi) is 8.60. The smallest absolute Gasteiger partial charge is 0.155 e. The maximum absolute atomic E-state index is 10.0. The largest absolute Gasteiger partial charge is 0.512 e. The Balaban J connectivity index is 0.000000497. The van der Waals surface area contributed by atoms with Crippen LogP contribution in [0.15, 0.2) is 103 Å². The van der Waals surface area contributed by atoms with E-state index in [1.54, 1.807) is 0 Å². The number of hydrogen-bond acceptors (Lipinski definition) is 4. The number of hydrogen-bond donors (Lipinski definition) is 1. The normalized spacial score (nSPS) is 12.9. The van der Waals surface area contributed by atoms with Crippen LogP contribution < -0.4 is 4.74 Å². The second-order valence-corrected chi connectivity index (χ2v) is 11.1. The Morgan fingerprint density at radius 2 is 1.52 bits per heavy atom. The molecule has 1 aliphatic rings. The van der Waals surface area contributed by atoms with E-state index in [1.807, 2.05) is 93.6 Å². The van der Waals surface area contributed by atoms with Crippen molar-refractivity contribution < 1.29 is 37.5 Å². The number of nitrogens with zero attached hydrogens (tertiary/aromatic N) is 1. The summed E-state index contributed by atoms with van der Waals surface area (Å²) in [4.78, 5) is 14.9. The van der Waals surface area contributed by atoms with Crippen molar-refractivity contribution in [2.24, 2.45) is 5.41 Å². The fourth-order valence-electron chi connectivity index (χ4n) is 4.88. The summed E-state index contributed by atoms with van der Waals surface area (Å²) < 4.78 is 24.5. The van der Waals surface area contributed by atoms with Crippen LogP contribution in [-0.2, 0) is 31.3 Å². The molecule has 0 saturated heterocycles. The second-order valence-electron chi connectivity index (χ2n) is 11.1. The molecule has 1 radical (unpaired) electrons. The van der Waals surface area contributed by atoms with E-state index in [1.165, 1.54) is 19.9 Å². The van der Waals surface area contributed by atoms with Crippen molar-refractivity contribution in [3.8, 4) is 45.0 Å². The molecular formula is C37H34IrNO3-. The number of aliphatic hydroxyl groups is 1. The molecule has 4 nitrogen and oxygen atoms in total. The summed E-state index contributed by atoms with van der Waals surface area (Å²) in [6.45, 7) is 8.64. The van der Waals surface area contributed by atoms with Gasteiger partial charge in [-0.1, -0.05) is 99.1 Å². The van der Waals surface area contributed by atoms with Gasteiger partial charge in [-0.25, -0.2) is 0 Å². The molecule has 1 aliphatic heterocycles. The number of pyridine rings is 1. The molecule has 0 unspecified atom stereocenters. The molecule has 1 N–H and O–H groups in total. The maximum Gasteiger partial charge on any atom is 0.155 e. The molecule has 2 heterocycles. The molecule has 0 bridgehead atoms. The fraction of sp³-hybridized carbons (Fsp3) is 0.189. The third-order valence-electron chi connectivity index (χ3n) is 6.44. The average molecular weight is 735 g/mol. The van der Waals surface area contributed by atoms with Gasteiger partial charge in [-0.2, -0.15) is 0 Å². The average Bonchev–Trinajstić information content (AvgIpc) is 3.09. The standard InChI is InChI=1S/C32H26NO.C5H8O2.Ir/c1-32(2,3)20-22-18-29(33-28-14-8-6-10-23(22)28)21-16-17-27-25-12-5-4-11-24(25)26-13-7-9-15-30(26)34-31(27)19-21;1-4(6)3-5(2)7;/h4-15,17-19H,20H2,1-3H3;3,6H,1-2H3;/q-1;;/b;4-3-;/i20D2;;. The number of ether oxygens (including phenoxy) is 1. The molecule has 42 heavy (non-hydrogen) atoms. The Morgan fingerprint density at radius 3 is 2.17 bits per heavy atom. The molecule has 0 aliphatic carbocycles. The monoisotopic (exact) mass is 735 g/mol. The number of ketones is 1. The van der Waals surface area contributed by atoms with E-state index >= 15 is 0 Å². The number of aliphatic hydroxyl groups excluding tert-OH is 1. The van der Waals surface area contributed by atoms with Crippen LogP contribution >= 0.6 is 0 Å². The van der Waals surface area contributed by atoms with Crippen LogP contribution in [0.4, 0.5) is 0 Å². The molecule has 0 amide bonds. The van der Waals surface area contributed by atoms with Gasteiger partial charge in [0.2, 0.25) is 0 Å². The van der Waals surface area contributed by atoms with Crippen LogP contribution in [0.2, 0.25) is 0 Å². The van der Waals surface area contributed by atoms with E-state index in [2.05, 4.69) is 24.3 Å². The van der Waals surface area contributed by atoms with E-state index in [4.69, 9.17) is 17.6 Å². The minimum atomic E-state index is -1.57. The first-order chi connectivity index (χ1) is 20.4. The molecule has 0 atom stereocenters. The third kappa shape index (κ3) is 7.04. The number of carbonyl (C=O) groups excluding carboxylic acids is 1. The van der Waals surface area contributed by atoms with Crippen molar-refractivity contribution in [2.75, 3.05) is 0 Å². The van der Waals surface area contributed by atoms with Gasteiger partial charge in [0.25, 0.3) is 0 Å². The first kappa shape index (κ1) is 28.1. The number of allylic oxidation sites excluding steroid dienone is 2. The quantitative estimate of drug-likeness (QED) is 0.112. The SMILES string of the molecule is CC(=O)/C=C(/C)O.[2H]C([2H])(c1cc(-c2[c-]cc3c(c2)Oc2ccccc2-c2ccccc2-3)nc2ccccc12)C(C)(C)C.[Ir]. The summed E-state index contributed by atoms with van der Waals surface area (Å²) in [7, 11) is 0. The van der Waals surface area contributed by atoms with Crippen LogP contribution in [0.3, 0.4) is 0 Å². The first-order valence-corrected chi connectivity index (χ1v) is 13.6. The van der Waals surface area contributed by atoms with Crippen molar-refractivity contribution in [1.82, 2.24) is 4.98 Å². The second kappa shape index (κ2) is 12.9. The summed E-state index contributed by atoms with van der Waals surface area (Å²) >= 11 is 0. The molecule has 1 aromatic heterocycles. The van der Waals surface area contributed by atoms with Gasteiger partial charge < -0.3 is 9.84 Å². The number of aromatic nitrogens is 1. The van der Waals surface area contributed by atoms with E-state index in [-0.39, 0.29) is 31.6 Å². The zero-order valence-corrected chi connectivity index (χ0v) is 26.7. The van der Waals surface area contributed by atoms with Gasteiger partial charge in [-0.15, -0.1) is 17.7 Å². The Hall–Kier alpha value is -4.05. The van der Waals surface area contributed by atoms with Crippen LogP contribution in [0.5, 0.6) is 11.5 Å². The van der Waals surface area contributed by atoms with Crippen molar-refractivity contribution in [1.29, 1.82) is 0 Å². The molecule has 6 rings (SSSR count). The van der Waals surface area contributed by atoms with Gasteiger partial charge in [0.15, 0.2) is 5.78 Å². The molecule has 0 saturated carbocycles. The van der Waals surface area contributed by atoms with Gasteiger partial charge in [-0.3, -0.25) is 9.78 Å². The van der Waals surface area contributed by atoms with Crippen LogP contribution in [0.25, 0.3) is 44.4 Å². The number of para-hydroxylation sites is 2. The molecular weight excluding hydrogens is 699 g/mol. The third-order valence-corrected chi connectivity index (χ3v) is 6.44. The van der Waals surface area contributed by atoms with E-state index in [9.17, 15) is 4.79 Å². The van der Waals surface area contributed by atoms with E-state index in [0.29, 0.717) is 11.3 Å². The molecule has 215 valence electrons. The number of carbonyl (C=O) groups is 1. The zero-order chi connectivity index (χ0) is 30.9. The van der Waals surface area contributed by atoms with Crippen molar-refractivity contribution in [3.05, 3.63) is 114 Å². The van der Waals surface area contributed by atoms with Crippen LogP contribution in [-0.4, -0.2) is 15.9 Å². The molecule has 0 fully saturated rings. The Bertz CT molecular complexity index is 1870. The molecule has 0 spiro atoms. The minimum Gasteiger partial charge on any atom is -0.512 e. The van der Waals surface area contributed by atoms with Gasteiger partial charge in [0.1, 0.15) is 5.75 Å². The summed E-state index contributed by atoms with van der Waals surface area (Å²) in [5.41, 5.74) is 6.48. The predicted molar refractivity (Wildman–Crippen MR) is 167 cm³/mol. The topological polar surface area (TPSA) is 59.4 Å². The fourth-order valence-corrected chi connectivity index (χ4v) is 4.88. The molecule has 5 aromatic rings. The predicted octanol–water partition coefficient (Wildman–Crippen LogP) is 9.76. The summed E-state index contributed by atoms with van der Waals surface area (Å²) in [5, 5.41) is 9.19. The maximum atomic E-state index is 10.0. The van der Waals surface area contributed by atoms with Gasteiger partial charge in [0, 0.05) is 39.9 Å². The van der Waals surface area contributed by atoms with Crippen molar-refractivity contribution in [2.45, 2.75) is 41.0 Å². The Labute approximate surface area is 264 Å². The summed E-state index contributed by atoms with van der Waals surface area (Å²) in [6.07, 6.45) is -0.398. The number of rotatable bonds is 3. The zero-order valence-electron chi connectivity index (χ0n) is 26.3. The van der Waals surface area contributed by atoms with E-state index in [0.717, 1.165) is 50.2 Å². The number of fused-ring (bicyclic) bond motifs is 6. The van der Waals surface area contributed by atoms with Crippen LogP contribution in [0.1, 0.15) is 42.9 Å². The van der Waals surface area contributed by atoms with Gasteiger partial charge in [-0.05, 0) is 60.2 Å². The van der Waals surface area contributed by atoms with Gasteiger partial charge in [0.05, 0.1) is 17.0 Å². The van der Waals surface area contributed by atoms with Crippen molar-refractivity contribution in [3.63, 3.8) is 0 Å². The van der Waals surface area contributed by atoms with Crippen molar-refractivity contribution >= 4 is 16.7 Å². The van der Waals surface area contributed by atoms with E-state index < -0.39 is 11.8 Å². The van der Waals surface area contributed by atoms with Crippen LogP contribution in [0, 0.1) is 11.5 Å². The van der Waals surface area contributed by atoms with Gasteiger partial charge >= 0.3 is 0 Å². The Morgan fingerprint density at radius 1 is 0.905 bits per heavy atom. The first-order valence-electron chi connectivity index (χ1n) is 14.6. The molecule has 5 heteroatoms. The minimum absolute atomic E-state index is 0. The molecule has 4 aromatic carbocycles.